The van der Waals surface area contributed by atoms with Gasteiger partial charge in [0, 0.05) is 5.69 Å². The molecule has 0 aliphatic rings. The van der Waals surface area contributed by atoms with Gasteiger partial charge in [-0.15, -0.1) is 0 Å². The molecule has 1 aromatic carbocycles. The van der Waals surface area contributed by atoms with Crippen LogP contribution in [0.2, 0.25) is 0 Å². The minimum absolute atomic E-state index is 0.0846. The van der Waals surface area contributed by atoms with Crippen molar-refractivity contribution < 1.29 is 19.5 Å². The predicted molar refractivity (Wildman–Crippen MR) is 110 cm³/mol. The van der Waals surface area contributed by atoms with Gasteiger partial charge in [0.2, 0.25) is 11.8 Å². The summed E-state index contributed by atoms with van der Waals surface area (Å²) >= 11 is 0. The largest absolute Gasteiger partial charge is 0.480 e. The summed E-state index contributed by atoms with van der Waals surface area (Å²) in [4.78, 5) is 36.8. The Labute approximate surface area is 167 Å². The van der Waals surface area contributed by atoms with Crippen LogP contribution in [0, 0.1) is 11.8 Å². The van der Waals surface area contributed by atoms with E-state index in [4.69, 9.17) is 5.11 Å². The molecule has 0 radical (unpaired) electrons. The number of benzene rings is 1. The Bertz CT molecular complexity index is 648. The molecule has 1 rings (SSSR count). The molecule has 0 saturated carbocycles. The third-order valence-corrected chi connectivity index (χ3v) is 4.68. The number of amides is 2. The van der Waals surface area contributed by atoms with E-state index in [0.717, 1.165) is 0 Å². The third-order valence-electron chi connectivity index (χ3n) is 4.68. The molecule has 0 bridgehead atoms. The highest BCUT2D eigenvalue weighted by atomic mass is 16.4. The van der Waals surface area contributed by atoms with Gasteiger partial charge in [0.1, 0.15) is 12.1 Å². The van der Waals surface area contributed by atoms with Crippen molar-refractivity contribution in [1.82, 2.24) is 10.6 Å². The third kappa shape index (κ3) is 7.68. The van der Waals surface area contributed by atoms with Crippen LogP contribution in [0.25, 0.3) is 0 Å². The number of hydrogen-bond acceptors (Lipinski definition) is 4. The summed E-state index contributed by atoms with van der Waals surface area (Å²) in [7, 11) is 0. The molecule has 156 valence electrons. The van der Waals surface area contributed by atoms with Crippen LogP contribution >= 0.6 is 0 Å². The van der Waals surface area contributed by atoms with E-state index in [2.05, 4.69) is 16.0 Å². The van der Waals surface area contributed by atoms with Gasteiger partial charge in [-0.05, 0) is 37.3 Å². The maximum Gasteiger partial charge on any atom is 0.320 e. The van der Waals surface area contributed by atoms with Gasteiger partial charge in [0.25, 0.3) is 0 Å². The average Bonchev–Trinajstić information content (AvgIpc) is 2.64. The normalized spacial score (nSPS) is 15.4. The Morgan fingerprint density at radius 2 is 1.61 bits per heavy atom. The second-order valence-electron chi connectivity index (χ2n) is 7.64. The number of para-hydroxylation sites is 1. The Morgan fingerprint density at radius 3 is 2.11 bits per heavy atom. The minimum Gasteiger partial charge on any atom is -0.480 e. The highest BCUT2D eigenvalue weighted by molar-refractivity contribution is 5.98. The average molecular weight is 392 g/mol. The van der Waals surface area contributed by atoms with Gasteiger partial charge >= 0.3 is 5.97 Å². The van der Waals surface area contributed by atoms with E-state index in [9.17, 15) is 14.4 Å². The first-order valence-corrected chi connectivity index (χ1v) is 9.80. The number of hydrogen-bond donors (Lipinski definition) is 4. The molecule has 7 heteroatoms. The zero-order valence-corrected chi connectivity index (χ0v) is 17.4. The molecular weight excluding hydrogens is 358 g/mol. The van der Waals surface area contributed by atoms with Crippen molar-refractivity contribution in [3.05, 3.63) is 30.3 Å². The van der Waals surface area contributed by atoms with Crippen molar-refractivity contribution in [3.8, 4) is 0 Å². The summed E-state index contributed by atoms with van der Waals surface area (Å²) < 4.78 is 0. The molecule has 0 fully saturated rings. The summed E-state index contributed by atoms with van der Waals surface area (Å²) in [6.45, 7) is 9.27. The molecule has 1 aromatic rings. The second-order valence-corrected chi connectivity index (χ2v) is 7.64. The highest BCUT2D eigenvalue weighted by Crippen LogP contribution is 2.13. The number of carbonyl (C=O) groups excluding carboxylic acids is 2. The molecule has 2 unspecified atom stereocenters. The van der Waals surface area contributed by atoms with Crippen LogP contribution in [-0.2, 0) is 14.4 Å². The molecule has 4 N–H and O–H groups in total. The summed E-state index contributed by atoms with van der Waals surface area (Å²) in [6, 6.07) is 6.79. The van der Waals surface area contributed by atoms with E-state index in [1.54, 1.807) is 12.1 Å². The second kappa shape index (κ2) is 11.4. The number of carboxylic acids is 1. The molecule has 0 saturated heterocycles. The lowest BCUT2D eigenvalue weighted by Gasteiger charge is -2.28. The smallest absolute Gasteiger partial charge is 0.320 e. The van der Waals surface area contributed by atoms with Gasteiger partial charge in [0.05, 0.1) is 6.04 Å². The molecule has 28 heavy (non-hydrogen) atoms. The first-order chi connectivity index (χ1) is 13.1. The van der Waals surface area contributed by atoms with Gasteiger partial charge in [-0.2, -0.15) is 0 Å². The maximum absolute atomic E-state index is 12.9. The molecular formula is C21H33N3O4. The zero-order valence-electron chi connectivity index (χ0n) is 17.4. The Hall–Kier alpha value is -2.41. The Balaban J connectivity index is 2.92. The fourth-order valence-electron chi connectivity index (χ4n) is 2.79. The van der Waals surface area contributed by atoms with Crippen LogP contribution in [0.3, 0.4) is 0 Å². The Morgan fingerprint density at radius 1 is 1.00 bits per heavy atom. The quantitative estimate of drug-likeness (QED) is 0.464. The van der Waals surface area contributed by atoms with Gasteiger partial charge in [0.15, 0.2) is 0 Å². The molecule has 7 nitrogen and oxygen atoms in total. The number of aliphatic carboxylic acids is 1. The maximum atomic E-state index is 12.9. The zero-order chi connectivity index (χ0) is 21.3. The summed E-state index contributed by atoms with van der Waals surface area (Å²) in [5.41, 5.74) is 0.659. The van der Waals surface area contributed by atoms with Crippen LogP contribution in [-0.4, -0.2) is 41.0 Å². The van der Waals surface area contributed by atoms with E-state index in [0.29, 0.717) is 18.5 Å². The fourth-order valence-corrected chi connectivity index (χ4v) is 2.79. The molecule has 0 heterocycles. The molecule has 2 amide bonds. The number of carboxylic acid groups (broad SMARTS) is 1. The number of nitrogens with one attached hydrogen (secondary N) is 3. The fraction of sp³-hybridized carbons (Fsp3) is 0.571. The first-order valence-electron chi connectivity index (χ1n) is 9.80. The topological polar surface area (TPSA) is 108 Å². The van der Waals surface area contributed by atoms with Crippen molar-refractivity contribution in [1.29, 1.82) is 0 Å². The van der Waals surface area contributed by atoms with E-state index >= 15 is 0 Å². The van der Waals surface area contributed by atoms with Crippen LogP contribution in [0.15, 0.2) is 30.3 Å². The van der Waals surface area contributed by atoms with Crippen LogP contribution in [0.1, 0.15) is 47.5 Å². The lowest BCUT2D eigenvalue weighted by molar-refractivity contribution is -0.140. The van der Waals surface area contributed by atoms with E-state index in [1.165, 1.54) is 6.92 Å². The monoisotopic (exact) mass is 391 g/mol. The lowest BCUT2D eigenvalue weighted by atomic mass is 9.96. The lowest BCUT2D eigenvalue weighted by Crippen LogP contribution is -2.56. The van der Waals surface area contributed by atoms with Crippen molar-refractivity contribution in [2.75, 3.05) is 5.32 Å². The highest BCUT2D eigenvalue weighted by Gasteiger charge is 2.31. The standard InChI is InChI=1S/C21H33N3O4/c1-6-14(4)18(22-15(5)21(27)28)20(26)24-17(12-13(2)3)19(25)23-16-10-8-7-9-11-16/h7-11,13-15,17-18,22H,6,12H2,1-5H3,(H,23,25)(H,24,26)(H,27,28)/t14?,15?,17-,18-/m0/s1. The Kier molecular flexibility index (Phi) is 9.65. The van der Waals surface area contributed by atoms with Gasteiger partial charge in [-0.3, -0.25) is 19.7 Å². The molecule has 0 aliphatic carbocycles. The van der Waals surface area contributed by atoms with Crippen molar-refractivity contribution in [2.24, 2.45) is 11.8 Å². The van der Waals surface area contributed by atoms with Crippen LogP contribution in [0.4, 0.5) is 5.69 Å². The number of rotatable bonds is 11. The summed E-state index contributed by atoms with van der Waals surface area (Å²) in [5.74, 6) is -1.57. The van der Waals surface area contributed by atoms with E-state index < -0.39 is 24.1 Å². The first kappa shape index (κ1) is 23.6. The molecule has 0 aromatic heterocycles. The van der Waals surface area contributed by atoms with E-state index in [-0.39, 0.29) is 23.7 Å². The minimum atomic E-state index is -1.03. The SMILES string of the molecule is CCC(C)[C@H](NC(C)C(=O)O)C(=O)N[C@@H](CC(C)C)C(=O)Nc1ccccc1. The van der Waals surface area contributed by atoms with Crippen molar-refractivity contribution in [2.45, 2.75) is 65.6 Å². The van der Waals surface area contributed by atoms with Gasteiger partial charge in [-0.1, -0.05) is 52.3 Å². The molecule has 4 atom stereocenters. The van der Waals surface area contributed by atoms with Crippen molar-refractivity contribution in [3.63, 3.8) is 0 Å². The van der Waals surface area contributed by atoms with Gasteiger partial charge < -0.3 is 15.7 Å². The number of anilines is 1. The van der Waals surface area contributed by atoms with Crippen LogP contribution < -0.4 is 16.0 Å². The predicted octanol–water partition coefficient (Wildman–Crippen LogP) is 2.63. The van der Waals surface area contributed by atoms with Crippen LogP contribution in [0.5, 0.6) is 0 Å². The van der Waals surface area contributed by atoms with Gasteiger partial charge in [-0.25, -0.2) is 0 Å². The molecule has 0 aliphatic heterocycles. The van der Waals surface area contributed by atoms with E-state index in [1.807, 2.05) is 45.9 Å². The summed E-state index contributed by atoms with van der Waals surface area (Å²) in [6.07, 6.45) is 1.18. The van der Waals surface area contributed by atoms with Crippen molar-refractivity contribution >= 4 is 23.5 Å². The number of carbonyl (C=O) groups is 3. The summed E-state index contributed by atoms with van der Waals surface area (Å²) in [5, 5.41) is 17.7. The molecule has 0 spiro atoms.